The smallest absolute Gasteiger partial charge is 0.307 e. The van der Waals surface area contributed by atoms with E-state index in [9.17, 15) is 9.90 Å². The minimum Gasteiger partial charge on any atom is -0.497 e. The van der Waals surface area contributed by atoms with Gasteiger partial charge in [0, 0.05) is 19.2 Å². The van der Waals surface area contributed by atoms with E-state index >= 15 is 0 Å². The molecule has 1 atom stereocenters. The molecule has 1 aromatic carbocycles. The van der Waals surface area contributed by atoms with Crippen molar-refractivity contribution in [2.75, 3.05) is 32.2 Å². The minimum absolute atomic E-state index is 0.000543. The Bertz CT molecular complexity index is 830. The van der Waals surface area contributed by atoms with E-state index in [-0.39, 0.29) is 11.3 Å². The Hall–Kier alpha value is -2.57. The quantitative estimate of drug-likeness (QED) is 0.912. The van der Waals surface area contributed by atoms with Crippen LogP contribution in [0.1, 0.15) is 19.3 Å². The number of carboxylic acids is 1. The third-order valence-electron chi connectivity index (χ3n) is 5.66. The molecule has 2 fully saturated rings. The third-order valence-corrected chi connectivity index (χ3v) is 5.66. The van der Waals surface area contributed by atoms with Crippen LogP contribution in [-0.4, -0.2) is 48.4 Å². The number of hydrogen-bond acceptors (Lipinski definition) is 6. The second kappa shape index (κ2) is 5.75. The summed E-state index contributed by atoms with van der Waals surface area (Å²) in [5.74, 6) is 1.37. The number of anilines is 1. The fourth-order valence-corrected chi connectivity index (χ4v) is 4.04. The van der Waals surface area contributed by atoms with Crippen LogP contribution in [0.3, 0.4) is 0 Å². The van der Waals surface area contributed by atoms with Crippen molar-refractivity contribution in [3.05, 3.63) is 18.5 Å². The summed E-state index contributed by atoms with van der Waals surface area (Å²) in [5, 5.41) is 10.1. The number of fused-ring (bicyclic) bond motifs is 1. The molecule has 1 N–H and O–H groups in total. The summed E-state index contributed by atoms with van der Waals surface area (Å²) >= 11 is 0. The van der Waals surface area contributed by atoms with E-state index in [0.717, 1.165) is 49.1 Å². The monoisotopic (exact) mass is 343 g/mol. The van der Waals surface area contributed by atoms with E-state index in [0.29, 0.717) is 11.5 Å². The first-order valence-electron chi connectivity index (χ1n) is 8.42. The molecule has 1 spiro atoms. The van der Waals surface area contributed by atoms with Crippen LogP contribution in [0.4, 0.5) is 5.82 Å². The van der Waals surface area contributed by atoms with Gasteiger partial charge < -0.3 is 19.5 Å². The topological polar surface area (TPSA) is 84.8 Å². The van der Waals surface area contributed by atoms with Crippen LogP contribution in [0.5, 0.6) is 11.5 Å². The number of carbonyl (C=O) groups is 1. The summed E-state index contributed by atoms with van der Waals surface area (Å²) in [5.41, 5.74) is 0.754. The lowest BCUT2D eigenvalue weighted by Gasteiger charge is -2.34. The first kappa shape index (κ1) is 15.9. The normalized spacial score (nSPS) is 21.4. The Morgan fingerprint density at radius 2 is 2.00 bits per heavy atom. The average Bonchev–Trinajstić information content (AvgIpc) is 3.35. The van der Waals surface area contributed by atoms with E-state index in [4.69, 9.17) is 9.47 Å². The molecular formula is C18H21N3O4. The molecule has 1 unspecified atom stereocenters. The molecule has 25 heavy (non-hydrogen) atoms. The third kappa shape index (κ3) is 2.54. The van der Waals surface area contributed by atoms with Gasteiger partial charge in [-0.25, -0.2) is 9.97 Å². The van der Waals surface area contributed by atoms with Crippen molar-refractivity contribution in [1.29, 1.82) is 0 Å². The van der Waals surface area contributed by atoms with Crippen molar-refractivity contribution < 1.29 is 19.4 Å². The van der Waals surface area contributed by atoms with Gasteiger partial charge in [0.05, 0.1) is 25.5 Å². The van der Waals surface area contributed by atoms with E-state index in [2.05, 4.69) is 14.9 Å². The fraction of sp³-hybridized carbons (Fsp3) is 0.500. The first-order chi connectivity index (χ1) is 12.1. The number of methoxy groups -OCH3 is 2. The van der Waals surface area contributed by atoms with Gasteiger partial charge in [-0.3, -0.25) is 4.79 Å². The second-order valence-electron chi connectivity index (χ2n) is 6.87. The number of piperidine rings is 1. The van der Waals surface area contributed by atoms with Crippen molar-refractivity contribution in [3.8, 4) is 11.5 Å². The van der Waals surface area contributed by atoms with Gasteiger partial charge in [0.25, 0.3) is 0 Å². The van der Waals surface area contributed by atoms with Gasteiger partial charge in [0.1, 0.15) is 29.2 Å². The van der Waals surface area contributed by atoms with E-state index < -0.39 is 5.97 Å². The zero-order valence-corrected chi connectivity index (χ0v) is 14.4. The summed E-state index contributed by atoms with van der Waals surface area (Å²) < 4.78 is 10.8. The predicted octanol–water partition coefficient (Wildman–Crippen LogP) is 2.34. The van der Waals surface area contributed by atoms with E-state index in [1.807, 2.05) is 12.1 Å². The first-order valence-corrected chi connectivity index (χ1v) is 8.42. The molecular weight excluding hydrogens is 322 g/mol. The maximum Gasteiger partial charge on any atom is 0.307 e. The van der Waals surface area contributed by atoms with Gasteiger partial charge in [-0.15, -0.1) is 0 Å². The molecule has 0 radical (unpaired) electrons. The highest BCUT2D eigenvalue weighted by Crippen LogP contribution is 2.59. The van der Waals surface area contributed by atoms with Crippen molar-refractivity contribution in [3.63, 3.8) is 0 Å². The van der Waals surface area contributed by atoms with Crippen molar-refractivity contribution in [2.24, 2.45) is 11.3 Å². The van der Waals surface area contributed by atoms with Crippen molar-refractivity contribution >= 4 is 22.7 Å². The van der Waals surface area contributed by atoms with Gasteiger partial charge in [0.2, 0.25) is 0 Å². The Labute approximate surface area is 145 Å². The van der Waals surface area contributed by atoms with Gasteiger partial charge in [-0.1, -0.05) is 0 Å². The fourth-order valence-electron chi connectivity index (χ4n) is 4.04. The highest BCUT2D eigenvalue weighted by molar-refractivity contribution is 5.94. The van der Waals surface area contributed by atoms with Crippen LogP contribution < -0.4 is 14.4 Å². The molecule has 132 valence electrons. The SMILES string of the molecule is COc1cc(OC)c2ncnc(N3CCC4(CC3)CC4C(=O)O)c2c1. The van der Waals surface area contributed by atoms with Gasteiger partial charge in [0.15, 0.2) is 0 Å². The number of aliphatic carboxylic acids is 1. The number of carboxylic acid groups (broad SMARTS) is 1. The summed E-state index contributed by atoms with van der Waals surface area (Å²) in [6, 6.07) is 3.74. The number of nitrogens with zero attached hydrogens (tertiary/aromatic N) is 3. The lowest BCUT2D eigenvalue weighted by molar-refractivity contribution is -0.139. The van der Waals surface area contributed by atoms with Crippen LogP contribution in [0.25, 0.3) is 10.9 Å². The van der Waals surface area contributed by atoms with E-state index in [1.54, 1.807) is 20.5 Å². The van der Waals surface area contributed by atoms with Crippen LogP contribution >= 0.6 is 0 Å². The standard InChI is InChI=1S/C18H21N3O4/c1-24-11-7-12-15(14(8-11)25-2)19-10-20-16(12)21-5-3-18(4-6-21)9-13(18)17(22)23/h7-8,10,13H,3-6,9H2,1-2H3,(H,22,23). The molecule has 4 rings (SSSR count). The van der Waals surface area contributed by atoms with E-state index in [1.165, 1.54) is 0 Å². The molecule has 1 aliphatic heterocycles. The average molecular weight is 343 g/mol. The predicted molar refractivity (Wildman–Crippen MR) is 92.3 cm³/mol. The largest absolute Gasteiger partial charge is 0.497 e. The van der Waals surface area contributed by atoms with Crippen molar-refractivity contribution in [2.45, 2.75) is 19.3 Å². The molecule has 2 heterocycles. The second-order valence-corrected chi connectivity index (χ2v) is 6.87. The lowest BCUT2D eigenvalue weighted by Crippen LogP contribution is -2.36. The molecule has 2 aliphatic rings. The summed E-state index contributed by atoms with van der Waals surface area (Å²) in [4.78, 5) is 22.3. The Morgan fingerprint density at radius 3 is 2.60 bits per heavy atom. The summed E-state index contributed by atoms with van der Waals surface area (Å²) in [7, 11) is 3.23. The van der Waals surface area contributed by atoms with Crippen molar-refractivity contribution in [1.82, 2.24) is 9.97 Å². The number of hydrogen-bond donors (Lipinski definition) is 1. The van der Waals surface area contributed by atoms with Crippen LogP contribution in [-0.2, 0) is 4.79 Å². The maximum absolute atomic E-state index is 11.2. The number of rotatable bonds is 4. The van der Waals surface area contributed by atoms with Crippen LogP contribution in [0.15, 0.2) is 18.5 Å². The molecule has 7 heteroatoms. The van der Waals surface area contributed by atoms with Gasteiger partial charge in [-0.2, -0.15) is 0 Å². The summed E-state index contributed by atoms with van der Waals surface area (Å²) in [6.45, 7) is 1.60. The Morgan fingerprint density at radius 1 is 1.24 bits per heavy atom. The highest BCUT2D eigenvalue weighted by atomic mass is 16.5. The van der Waals surface area contributed by atoms with Crippen LogP contribution in [0, 0.1) is 11.3 Å². The zero-order valence-electron chi connectivity index (χ0n) is 14.4. The Balaban J connectivity index is 1.65. The number of aromatic nitrogens is 2. The lowest BCUT2D eigenvalue weighted by atomic mass is 9.90. The maximum atomic E-state index is 11.2. The molecule has 7 nitrogen and oxygen atoms in total. The Kier molecular flexibility index (Phi) is 3.67. The molecule has 0 amide bonds. The molecule has 1 saturated carbocycles. The minimum atomic E-state index is -0.657. The molecule has 1 aromatic heterocycles. The number of benzene rings is 1. The highest BCUT2D eigenvalue weighted by Gasteiger charge is 2.58. The molecule has 0 bridgehead atoms. The molecule has 1 aliphatic carbocycles. The van der Waals surface area contributed by atoms with Gasteiger partial charge in [-0.05, 0) is 30.7 Å². The number of ether oxygens (including phenoxy) is 2. The molecule has 2 aromatic rings. The zero-order chi connectivity index (χ0) is 17.6. The van der Waals surface area contributed by atoms with Gasteiger partial charge >= 0.3 is 5.97 Å². The van der Waals surface area contributed by atoms with Crippen LogP contribution in [0.2, 0.25) is 0 Å². The summed E-state index contributed by atoms with van der Waals surface area (Å²) in [6.07, 6.45) is 4.13. The molecule has 1 saturated heterocycles.